The Labute approximate surface area is 196 Å². The molecule has 2 aromatic rings. The van der Waals surface area contributed by atoms with Gasteiger partial charge in [0.25, 0.3) is 5.91 Å². The van der Waals surface area contributed by atoms with E-state index in [0.717, 1.165) is 9.87 Å². The number of nitrogens with zero attached hydrogens (tertiary/aromatic N) is 2. The summed E-state index contributed by atoms with van der Waals surface area (Å²) < 4.78 is 36.7. The average Bonchev–Trinajstić information content (AvgIpc) is 3.43. The van der Waals surface area contributed by atoms with Crippen LogP contribution in [0.1, 0.15) is 12.0 Å². The minimum Gasteiger partial charge on any atom is -0.454 e. The minimum atomic E-state index is -3.87. The van der Waals surface area contributed by atoms with E-state index < -0.39 is 34.3 Å². The van der Waals surface area contributed by atoms with Gasteiger partial charge in [-0.25, -0.2) is 8.42 Å². The summed E-state index contributed by atoms with van der Waals surface area (Å²) in [5.41, 5.74) is 5.98. The van der Waals surface area contributed by atoms with Crippen molar-refractivity contribution in [3.63, 3.8) is 0 Å². The number of likely N-dealkylation sites (N-methyl/N-ethyl adjacent to an activating group) is 1. The summed E-state index contributed by atoms with van der Waals surface area (Å²) in [6.07, 6.45) is -0.0299. The summed E-state index contributed by atoms with van der Waals surface area (Å²) in [5, 5.41) is 0. The Balaban J connectivity index is 1.30. The molecule has 180 valence electrons. The van der Waals surface area contributed by atoms with Gasteiger partial charge < -0.3 is 14.4 Å². The third kappa shape index (κ3) is 4.82. The lowest BCUT2D eigenvalue weighted by atomic mass is 10.1. The summed E-state index contributed by atoms with van der Waals surface area (Å²) in [6.45, 7) is 1.58. The summed E-state index contributed by atoms with van der Waals surface area (Å²) in [4.78, 5) is 38.7. The number of sulfonamides is 1. The molecule has 1 saturated heterocycles. The zero-order chi connectivity index (χ0) is 24.5. The fourth-order valence-corrected chi connectivity index (χ4v) is 4.76. The second-order valence-corrected chi connectivity index (χ2v) is 10.1. The van der Waals surface area contributed by atoms with Gasteiger partial charge in [-0.15, -0.1) is 0 Å². The number of hydrogen-bond acceptors (Lipinski definition) is 7. The molecule has 2 aliphatic rings. The highest BCUT2D eigenvalue weighted by Crippen LogP contribution is 2.37. The Morgan fingerprint density at radius 3 is 2.53 bits per heavy atom. The van der Waals surface area contributed by atoms with E-state index in [2.05, 4.69) is 10.9 Å². The van der Waals surface area contributed by atoms with Gasteiger partial charge in [0, 0.05) is 31.8 Å². The Bertz CT molecular complexity index is 1230. The van der Waals surface area contributed by atoms with Gasteiger partial charge in [-0.1, -0.05) is 17.7 Å². The van der Waals surface area contributed by atoms with Crippen molar-refractivity contribution < 1.29 is 32.3 Å². The van der Waals surface area contributed by atoms with Crippen molar-refractivity contribution in [3.05, 3.63) is 48.0 Å². The van der Waals surface area contributed by atoms with Gasteiger partial charge in [-0.2, -0.15) is 4.31 Å². The summed E-state index contributed by atoms with van der Waals surface area (Å²) in [6, 6.07) is 11.3. The highest BCUT2D eigenvalue weighted by atomic mass is 32.2. The number of ether oxygens (including phenoxy) is 2. The van der Waals surface area contributed by atoms with E-state index in [1.807, 2.05) is 6.92 Å². The van der Waals surface area contributed by atoms with Crippen LogP contribution in [-0.2, 0) is 24.4 Å². The standard InChI is InChI=1S/C22H24N4O7S/c1-14-3-6-17(7-4-14)34(30,31)25(2)12-20(27)23-24-22(29)15-9-21(28)26(11-15)16-5-8-18-19(10-16)33-13-32-18/h3-8,10,15H,9,11-13H2,1-2H3,(H,23,27)(H,24,29). The smallest absolute Gasteiger partial charge is 0.253 e. The molecule has 3 amide bonds. The van der Waals surface area contributed by atoms with Gasteiger partial charge in [0.05, 0.1) is 17.4 Å². The number of hydrazine groups is 1. The van der Waals surface area contributed by atoms with Gasteiger partial charge in [-0.05, 0) is 31.2 Å². The average molecular weight is 489 g/mol. The number of hydrogen-bond donors (Lipinski definition) is 2. The first-order chi connectivity index (χ1) is 16.1. The number of benzene rings is 2. The zero-order valence-corrected chi connectivity index (χ0v) is 19.4. The third-order valence-corrected chi connectivity index (χ3v) is 7.40. The number of carbonyl (C=O) groups is 3. The molecule has 11 nitrogen and oxygen atoms in total. The Morgan fingerprint density at radius 1 is 1.09 bits per heavy atom. The molecule has 0 spiro atoms. The second-order valence-electron chi connectivity index (χ2n) is 8.05. The molecule has 0 saturated carbocycles. The number of anilines is 1. The molecule has 2 aliphatic heterocycles. The Kier molecular flexibility index (Phi) is 6.44. The second kappa shape index (κ2) is 9.31. The van der Waals surface area contributed by atoms with Crippen molar-refractivity contribution in [3.8, 4) is 11.5 Å². The number of amides is 3. The van der Waals surface area contributed by atoms with Crippen molar-refractivity contribution in [2.45, 2.75) is 18.2 Å². The molecular weight excluding hydrogens is 464 g/mol. The molecule has 1 fully saturated rings. The van der Waals surface area contributed by atoms with Crippen LogP contribution in [0.4, 0.5) is 5.69 Å². The molecule has 1 unspecified atom stereocenters. The van der Waals surface area contributed by atoms with Crippen molar-refractivity contribution in [2.24, 2.45) is 5.92 Å². The quantitative estimate of drug-likeness (QED) is 0.567. The van der Waals surface area contributed by atoms with E-state index >= 15 is 0 Å². The molecule has 0 radical (unpaired) electrons. The topological polar surface area (TPSA) is 134 Å². The van der Waals surface area contributed by atoms with Crippen LogP contribution in [0.5, 0.6) is 11.5 Å². The molecule has 1 atom stereocenters. The van der Waals surface area contributed by atoms with Crippen LogP contribution in [0.2, 0.25) is 0 Å². The molecule has 2 heterocycles. The fraction of sp³-hybridized carbons (Fsp3) is 0.318. The van der Waals surface area contributed by atoms with Crippen LogP contribution in [0, 0.1) is 12.8 Å². The number of carbonyl (C=O) groups excluding carboxylic acids is 3. The molecule has 12 heteroatoms. The Hall–Kier alpha value is -3.64. The number of rotatable bonds is 6. The van der Waals surface area contributed by atoms with E-state index in [0.29, 0.717) is 17.2 Å². The maximum Gasteiger partial charge on any atom is 0.253 e. The van der Waals surface area contributed by atoms with Gasteiger partial charge in [0.15, 0.2) is 11.5 Å². The van der Waals surface area contributed by atoms with Crippen LogP contribution < -0.4 is 25.2 Å². The van der Waals surface area contributed by atoms with Gasteiger partial charge in [0.2, 0.25) is 28.6 Å². The van der Waals surface area contributed by atoms with E-state index in [-0.39, 0.29) is 30.6 Å². The largest absolute Gasteiger partial charge is 0.454 e. The first-order valence-corrected chi connectivity index (χ1v) is 11.9. The first-order valence-electron chi connectivity index (χ1n) is 10.5. The van der Waals surface area contributed by atoms with E-state index in [4.69, 9.17) is 9.47 Å². The van der Waals surface area contributed by atoms with Gasteiger partial charge >= 0.3 is 0 Å². The lowest BCUT2D eigenvalue weighted by molar-refractivity contribution is -0.131. The van der Waals surface area contributed by atoms with Crippen LogP contribution in [-0.4, -0.2) is 57.4 Å². The number of nitrogens with one attached hydrogen (secondary N) is 2. The normalized spacial score (nSPS) is 17.2. The van der Waals surface area contributed by atoms with E-state index in [1.54, 1.807) is 30.3 Å². The van der Waals surface area contributed by atoms with E-state index in [1.165, 1.54) is 24.1 Å². The molecule has 0 aliphatic carbocycles. The fourth-order valence-electron chi connectivity index (χ4n) is 3.64. The molecule has 0 aromatic heterocycles. The molecule has 0 bridgehead atoms. The van der Waals surface area contributed by atoms with Crippen molar-refractivity contribution in [1.29, 1.82) is 0 Å². The summed E-state index contributed by atoms with van der Waals surface area (Å²) in [5.74, 6) is -1.09. The van der Waals surface area contributed by atoms with Crippen LogP contribution in [0.3, 0.4) is 0 Å². The van der Waals surface area contributed by atoms with Gasteiger partial charge in [0.1, 0.15) is 0 Å². The predicted octanol–water partition coefficient (Wildman–Crippen LogP) is 0.545. The maximum absolute atomic E-state index is 12.6. The molecule has 4 rings (SSSR count). The minimum absolute atomic E-state index is 0.0299. The lowest BCUT2D eigenvalue weighted by Gasteiger charge is -2.18. The molecular formula is C22H24N4O7S. The SMILES string of the molecule is Cc1ccc(S(=O)(=O)N(C)CC(=O)NNC(=O)C2CC(=O)N(c3ccc4c(c3)OCO4)C2)cc1. The highest BCUT2D eigenvalue weighted by molar-refractivity contribution is 7.89. The number of aryl methyl sites for hydroxylation is 1. The van der Waals surface area contributed by atoms with Crippen LogP contribution in [0.25, 0.3) is 0 Å². The van der Waals surface area contributed by atoms with E-state index in [9.17, 15) is 22.8 Å². The molecule has 2 N–H and O–H groups in total. The Morgan fingerprint density at radius 2 is 1.79 bits per heavy atom. The van der Waals surface area contributed by atoms with Crippen molar-refractivity contribution >= 4 is 33.4 Å². The first kappa shape index (κ1) is 23.5. The summed E-state index contributed by atoms with van der Waals surface area (Å²) in [7, 11) is -2.59. The number of fused-ring (bicyclic) bond motifs is 1. The van der Waals surface area contributed by atoms with Crippen LogP contribution in [0.15, 0.2) is 47.4 Å². The monoisotopic (exact) mass is 488 g/mol. The molecule has 2 aromatic carbocycles. The van der Waals surface area contributed by atoms with Crippen molar-refractivity contribution in [1.82, 2.24) is 15.2 Å². The van der Waals surface area contributed by atoms with Crippen molar-refractivity contribution in [2.75, 3.05) is 31.8 Å². The molecule has 34 heavy (non-hydrogen) atoms. The zero-order valence-electron chi connectivity index (χ0n) is 18.6. The van der Waals surface area contributed by atoms with Crippen LogP contribution >= 0.6 is 0 Å². The lowest BCUT2D eigenvalue weighted by Crippen LogP contribution is -2.48. The highest BCUT2D eigenvalue weighted by Gasteiger charge is 2.36. The predicted molar refractivity (Wildman–Crippen MR) is 120 cm³/mol. The van der Waals surface area contributed by atoms with Gasteiger partial charge in [-0.3, -0.25) is 25.2 Å². The maximum atomic E-state index is 12.6. The summed E-state index contributed by atoms with van der Waals surface area (Å²) >= 11 is 0. The third-order valence-electron chi connectivity index (χ3n) is 5.58.